The van der Waals surface area contributed by atoms with E-state index in [9.17, 15) is 27.9 Å². The standard InChI is InChI=1S/C22H23F3O5/c1-3-29-20(27)21(2,28)18(13-19(26)22(23,24)25)16-9-11-17(12-10-16)30-14-15-7-5-4-6-8-15/h4-12,18,28H,3,13-14H2,1-2H3. The smallest absolute Gasteiger partial charge is 0.449 e. The average molecular weight is 424 g/mol. The zero-order valence-corrected chi connectivity index (χ0v) is 16.6. The predicted molar refractivity (Wildman–Crippen MR) is 103 cm³/mol. The van der Waals surface area contributed by atoms with Crippen LogP contribution in [-0.4, -0.2) is 35.2 Å². The summed E-state index contributed by atoms with van der Waals surface area (Å²) in [5.74, 6) is -4.15. The van der Waals surface area contributed by atoms with Gasteiger partial charge in [-0.15, -0.1) is 0 Å². The van der Waals surface area contributed by atoms with Gasteiger partial charge in [0.15, 0.2) is 5.60 Å². The first-order valence-corrected chi connectivity index (χ1v) is 9.32. The van der Waals surface area contributed by atoms with E-state index in [1.54, 1.807) is 0 Å². The summed E-state index contributed by atoms with van der Waals surface area (Å²) >= 11 is 0. The highest BCUT2D eigenvalue weighted by molar-refractivity contribution is 5.87. The maximum atomic E-state index is 12.8. The molecule has 2 rings (SSSR count). The van der Waals surface area contributed by atoms with Gasteiger partial charge in [0.25, 0.3) is 0 Å². The Morgan fingerprint density at radius 3 is 2.17 bits per heavy atom. The zero-order chi connectivity index (χ0) is 22.4. The Kier molecular flexibility index (Phi) is 7.61. The van der Waals surface area contributed by atoms with Crippen LogP contribution in [0.15, 0.2) is 54.6 Å². The quantitative estimate of drug-likeness (QED) is 0.612. The third-order valence-corrected chi connectivity index (χ3v) is 4.60. The Hall–Kier alpha value is -2.87. The number of rotatable bonds is 9. The van der Waals surface area contributed by atoms with Gasteiger partial charge >= 0.3 is 12.1 Å². The summed E-state index contributed by atoms with van der Waals surface area (Å²) in [5, 5.41) is 10.6. The van der Waals surface area contributed by atoms with E-state index < -0.39 is 35.9 Å². The Morgan fingerprint density at radius 2 is 1.63 bits per heavy atom. The average Bonchev–Trinajstić information content (AvgIpc) is 2.71. The first kappa shape index (κ1) is 23.4. The number of ether oxygens (including phenoxy) is 2. The third-order valence-electron chi connectivity index (χ3n) is 4.60. The number of hydrogen-bond donors (Lipinski definition) is 1. The SMILES string of the molecule is CCOC(=O)C(C)(O)C(CC(=O)C(F)(F)F)c1ccc(OCc2ccccc2)cc1. The molecule has 0 fully saturated rings. The fourth-order valence-corrected chi connectivity index (χ4v) is 2.90. The molecule has 0 bridgehead atoms. The fourth-order valence-electron chi connectivity index (χ4n) is 2.90. The molecule has 0 amide bonds. The summed E-state index contributed by atoms with van der Waals surface area (Å²) in [6, 6.07) is 15.2. The minimum absolute atomic E-state index is 0.0683. The van der Waals surface area contributed by atoms with E-state index in [0.29, 0.717) is 5.75 Å². The molecule has 1 N–H and O–H groups in total. The number of ketones is 1. The first-order chi connectivity index (χ1) is 14.1. The van der Waals surface area contributed by atoms with Crippen molar-refractivity contribution in [2.75, 3.05) is 6.61 Å². The molecule has 2 atom stereocenters. The minimum atomic E-state index is -5.08. The molecule has 162 valence electrons. The van der Waals surface area contributed by atoms with Crippen LogP contribution < -0.4 is 4.74 Å². The molecule has 30 heavy (non-hydrogen) atoms. The summed E-state index contributed by atoms with van der Waals surface area (Å²) in [6.45, 7) is 2.76. The summed E-state index contributed by atoms with van der Waals surface area (Å²) in [5.41, 5.74) is -1.22. The minimum Gasteiger partial charge on any atom is -0.489 e. The van der Waals surface area contributed by atoms with Gasteiger partial charge in [0.2, 0.25) is 5.78 Å². The second-order valence-electron chi connectivity index (χ2n) is 6.89. The molecule has 8 heteroatoms. The van der Waals surface area contributed by atoms with Gasteiger partial charge in [-0.05, 0) is 37.1 Å². The van der Waals surface area contributed by atoms with Crippen molar-refractivity contribution in [3.8, 4) is 5.75 Å². The van der Waals surface area contributed by atoms with Crippen LogP contribution in [0.1, 0.15) is 37.3 Å². The Balaban J connectivity index is 2.24. The van der Waals surface area contributed by atoms with E-state index >= 15 is 0 Å². The van der Waals surface area contributed by atoms with Gasteiger partial charge in [-0.1, -0.05) is 42.5 Å². The van der Waals surface area contributed by atoms with Crippen LogP contribution in [0.5, 0.6) is 5.75 Å². The Bertz CT molecular complexity index is 845. The highest BCUT2D eigenvalue weighted by Crippen LogP contribution is 2.36. The molecule has 0 aliphatic heterocycles. The van der Waals surface area contributed by atoms with Crippen LogP contribution in [0.2, 0.25) is 0 Å². The summed E-state index contributed by atoms with van der Waals surface area (Å²) < 4.78 is 48.9. The number of alkyl halides is 3. The van der Waals surface area contributed by atoms with Crippen molar-refractivity contribution in [2.24, 2.45) is 0 Å². The van der Waals surface area contributed by atoms with Crippen LogP contribution in [0.3, 0.4) is 0 Å². The maximum absolute atomic E-state index is 12.8. The molecular weight excluding hydrogens is 401 g/mol. The van der Waals surface area contributed by atoms with Gasteiger partial charge < -0.3 is 14.6 Å². The lowest BCUT2D eigenvalue weighted by Gasteiger charge is -2.31. The molecule has 0 aliphatic carbocycles. The molecular formula is C22H23F3O5. The van der Waals surface area contributed by atoms with Crippen LogP contribution in [0.25, 0.3) is 0 Å². The number of aliphatic hydroxyl groups is 1. The fraction of sp³-hybridized carbons (Fsp3) is 0.364. The number of Topliss-reactive ketones (excluding diaryl/α,β-unsaturated/α-hetero) is 1. The van der Waals surface area contributed by atoms with Crippen molar-refractivity contribution in [3.63, 3.8) is 0 Å². The lowest BCUT2D eigenvalue weighted by atomic mass is 9.79. The van der Waals surface area contributed by atoms with Gasteiger partial charge in [0.1, 0.15) is 12.4 Å². The van der Waals surface area contributed by atoms with E-state index in [4.69, 9.17) is 9.47 Å². The largest absolute Gasteiger partial charge is 0.489 e. The number of benzene rings is 2. The van der Waals surface area contributed by atoms with Crippen molar-refractivity contribution in [1.29, 1.82) is 0 Å². The molecule has 0 aromatic heterocycles. The number of carbonyl (C=O) groups excluding carboxylic acids is 2. The second-order valence-corrected chi connectivity index (χ2v) is 6.89. The third kappa shape index (κ3) is 6.06. The van der Waals surface area contributed by atoms with E-state index in [1.807, 2.05) is 30.3 Å². The van der Waals surface area contributed by atoms with Crippen LogP contribution >= 0.6 is 0 Å². The molecule has 2 aromatic rings. The normalized spacial score (nSPS) is 14.5. The first-order valence-electron chi connectivity index (χ1n) is 9.32. The van der Waals surface area contributed by atoms with Crippen molar-refractivity contribution >= 4 is 11.8 Å². The Labute approximate surface area is 172 Å². The number of carbonyl (C=O) groups is 2. The summed E-state index contributed by atoms with van der Waals surface area (Å²) in [6.07, 6.45) is -6.18. The van der Waals surface area contributed by atoms with Crippen molar-refractivity contribution in [1.82, 2.24) is 0 Å². The van der Waals surface area contributed by atoms with Gasteiger partial charge in [-0.2, -0.15) is 13.2 Å². The number of halogens is 3. The molecule has 0 heterocycles. The number of esters is 1. The molecule has 2 aromatic carbocycles. The molecule has 2 unspecified atom stereocenters. The van der Waals surface area contributed by atoms with E-state index in [2.05, 4.69) is 0 Å². The van der Waals surface area contributed by atoms with Gasteiger partial charge in [0.05, 0.1) is 6.61 Å². The highest BCUT2D eigenvalue weighted by atomic mass is 19.4. The number of hydrogen-bond acceptors (Lipinski definition) is 5. The Morgan fingerprint density at radius 1 is 1.03 bits per heavy atom. The van der Waals surface area contributed by atoms with Crippen molar-refractivity contribution in [3.05, 3.63) is 65.7 Å². The summed E-state index contributed by atoms with van der Waals surface area (Å²) in [7, 11) is 0. The topological polar surface area (TPSA) is 72.8 Å². The van der Waals surface area contributed by atoms with E-state index in [-0.39, 0.29) is 18.8 Å². The lowest BCUT2D eigenvalue weighted by molar-refractivity contribution is -0.176. The molecule has 0 aliphatic rings. The summed E-state index contributed by atoms with van der Waals surface area (Å²) in [4.78, 5) is 23.7. The molecule has 0 radical (unpaired) electrons. The van der Waals surface area contributed by atoms with Crippen LogP contribution in [0, 0.1) is 0 Å². The lowest BCUT2D eigenvalue weighted by Crippen LogP contribution is -2.44. The van der Waals surface area contributed by atoms with Crippen LogP contribution in [0.4, 0.5) is 13.2 Å². The maximum Gasteiger partial charge on any atom is 0.449 e. The zero-order valence-electron chi connectivity index (χ0n) is 16.6. The van der Waals surface area contributed by atoms with Crippen LogP contribution in [-0.2, 0) is 20.9 Å². The molecule has 0 spiro atoms. The van der Waals surface area contributed by atoms with E-state index in [1.165, 1.54) is 31.2 Å². The highest BCUT2D eigenvalue weighted by Gasteiger charge is 2.47. The van der Waals surface area contributed by atoms with E-state index in [0.717, 1.165) is 12.5 Å². The molecule has 0 saturated heterocycles. The van der Waals surface area contributed by atoms with Gasteiger partial charge in [-0.25, -0.2) is 4.79 Å². The predicted octanol–water partition coefficient (Wildman–Crippen LogP) is 4.18. The molecule has 0 saturated carbocycles. The second kappa shape index (κ2) is 9.75. The van der Waals surface area contributed by atoms with Gasteiger partial charge in [0, 0.05) is 12.3 Å². The van der Waals surface area contributed by atoms with Crippen molar-refractivity contribution < 1.29 is 37.3 Å². The van der Waals surface area contributed by atoms with Gasteiger partial charge in [-0.3, -0.25) is 4.79 Å². The molecule has 5 nitrogen and oxygen atoms in total. The monoisotopic (exact) mass is 424 g/mol. The van der Waals surface area contributed by atoms with Crippen molar-refractivity contribution in [2.45, 2.75) is 44.6 Å².